The Kier molecular flexibility index (Phi) is 4.04. The molecule has 0 saturated carbocycles. The van der Waals surface area contributed by atoms with Gasteiger partial charge in [0.2, 0.25) is 0 Å². The summed E-state index contributed by atoms with van der Waals surface area (Å²) in [6.45, 7) is 2.56. The van der Waals surface area contributed by atoms with E-state index in [2.05, 4.69) is 26.3 Å². The number of hydrogen-bond acceptors (Lipinski definition) is 2. The largest absolute Gasteiger partial charge is 0.321 e. The van der Waals surface area contributed by atoms with Crippen LogP contribution in [0.3, 0.4) is 0 Å². The average Bonchev–Trinajstić information content (AvgIpc) is 2.73. The van der Waals surface area contributed by atoms with Crippen molar-refractivity contribution in [2.24, 2.45) is 0 Å². The SMILES string of the molecule is CCn1ncc(Br)c1C(=O)Nc1ccc(Cl)cc1. The molecule has 0 atom stereocenters. The number of rotatable bonds is 3. The molecule has 2 aromatic rings. The molecule has 6 heteroatoms. The highest BCUT2D eigenvalue weighted by molar-refractivity contribution is 9.10. The van der Waals surface area contributed by atoms with Crippen molar-refractivity contribution in [3.63, 3.8) is 0 Å². The molecule has 0 fully saturated rings. The van der Waals surface area contributed by atoms with Gasteiger partial charge in [-0.3, -0.25) is 9.48 Å². The number of aromatic nitrogens is 2. The van der Waals surface area contributed by atoms with Gasteiger partial charge in [-0.25, -0.2) is 0 Å². The molecule has 1 amide bonds. The normalized spacial score (nSPS) is 10.4. The lowest BCUT2D eigenvalue weighted by molar-refractivity contribution is 0.101. The maximum absolute atomic E-state index is 12.1. The fraction of sp³-hybridized carbons (Fsp3) is 0.167. The van der Waals surface area contributed by atoms with Gasteiger partial charge in [0.25, 0.3) is 5.91 Å². The summed E-state index contributed by atoms with van der Waals surface area (Å²) in [6.07, 6.45) is 1.61. The number of anilines is 1. The van der Waals surface area contributed by atoms with Gasteiger partial charge in [-0.1, -0.05) is 11.6 Å². The van der Waals surface area contributed by atoms with Gasteiger partial charge in [-0.2, -0.15) is 5.10 Å². The maximum atomic E-state index is 12.1. The second-order valence-electron chi connectivity index (χ2n) is 3.62. The molecule has 1 heterocycles. The molecule has 0 radical (unpaired) electrons. The number of benzene rings is 1. The van der Waals surface area contributed by atoms with Gasteiger partial charge >= 0.3 is 0 Å². The summed E-state index contributed by atoms with van der Waals surface area (Å²) in [5, 5.41) is 7.53. The van der Waals surface area contributed by atoms with Crippen molar-refractivity contribution < 1.29 is 4.79 Å². The van der Waals surface area contributed by atoms with E-state index in [0.29, 0.717) is 27.4 Å². The number of amides is 1. The third-order valence-corrected chi connectivity index (χ3v) is 3.24. The van der Waals surface area contributed by atoms with E-state index in [1.54, 1.807) is 35.1 Å². The van der Waals surface area contributed by atoms with Gasteiger partial charge in [-0.15, -0.1) is 0 Å². The van der Waals surface area contributed by atoms with E-state index in [1.165, 1.54) is 0 Å². The Morgan fingerprint density at radius 1 is 1.44 bits per heavy atom. The Labute approximate surface area is 118 Å². The Bertz CT molecular complexity index is 565. The molecule has 18 heavy (non-hydrogen) atoms. The predicted octanol–water partition coefficient (Wildman–Crippen LogP) is 3.57. The number of hydrogen-bond donors (Lipinski definition) is 1. The van der Waals surface area contributed by atoms with Crippen molar-refractivity contribution in [1.29, 1.82) is 0 Å². The molecule has 0 aliphatic carbocycles. The number of carbonyl (C=O) groups is 1. The fourth-order valence-corrected chi connectivity index (χ4v) is 2.15. The van der Waals surface area contributed by atoms with Gasteiger partial charge in [0.05, 0.1) is 10.7 Å². The monoisotopic (exact) mass is 327 g/mol. The molecular weight excluding hydrogens is 318 g/mol. The molecule has 0 spiro atoms. The van der Waals surface area contributed by atoms with E-state index in [-0.39, 0.29) is 5.91 Å². The van der Waals surface area contributed by atoms with E-state index < -0.39 is 0 Å². The molecule has 4 nitrogen and oxygen atoms in total. The lowest BCUT2D eigenvalue weighted by Gasteiger charge is -2.07. The van der Waals surface area contributed by atoms with Crippen LogP contribution < -0.4 is 5.32 Å². The first-order valence-electron chi connectivity index (χ1n) is 5.40. The first-order chi connectivity index (χ1) is 8.61. The van der Waals surface area contributed by atoms with Crippen LogP contribution >= 0.6 is 27.5 Å². The standard InChI is InChI=1S/C12H11BrClN3O/c1-2-17-11(10(13)7-15-17)12(18)16-9-5-3-8(14)4-6-9/h3-7H,2H2,1H3,(H,16,18). The molecule has 1 aromatic heterocycles. The minimum atomic E-state index is -0.205. The zero-order valence-corrected chi connectivity index (χ0v) is 12.0. The fourth-order valence-electron chi connectivity index (χ4n) is 1.55. The van der Waals surface area contributed by atoms with Crippen molar-refractivity contribution >= 4 is 39.1 Å². The average molecular weight is 329 g/mol. The number of halogens is 2. The maximum Gasteiger partial charge on any atom is 0.275 e. The number of nitrogens with zero attached hydrogens (tertiary/aromatic N) is 2. The van der Waals surface area contributed by atoms with Crippen LogP contribution in [0.25, 0.3) is 0 Å². The van der Waals surface area contributed by atoms with Crippen molar-refractivity contribution in [1.82, 2.24) is 9.78 Å². The summed E-state index contributed by atoms with van der Waals surface area (Å²) in [5.41, 5.74) is 1.20. The number of nitrogens with one attached hydrogen (secondary N) is 1. The minimum Gasteiger partial charge on any atom is -0.321 e. The van der Waals surface area contributed by atoms with Crippen LogP contribution in [0.15, 0.2) is 34.9 Å². The third kappa shape index (κ3) is 2.73. The Hall–Kier alpha value is -1.33. The molecule has 1 aromatic carbocycles. The lowest BCUT2D eigenvalue weighted by Crippen LogP contribution is -2.17. The first-order valence-corrected chi connectivity index (χ1v) is 6.57. The second-order valence-corrected chi connectivity index (χ2v) is 4.91. The smallest absolute Gasteiger partial charge is 0.275 e. The first kappa shape index (κ1) is 13.1. The second kappa shape index (κ2) is 5.54. The number of aryl methyl sites for hydroxylation is 1. The molecular formula is C12H11BrClN3O. The summed E-state index contributed by atoms with van der Waals surface area (Å²) < 4.78 is 2.31. The van der Waals surface area contributed by atoms with Crippen LogP contribution in [0.5, 0.6) is 0 Å². The van der Waals surface area contributed by atoms with Crippen LogP contribution in [-0.2, 0) is 6.54 Å². The zero-order chi connectivity index (χ0) is 13.1. The molecule has 94 valence electrons. The van der Waals surface area contributed by atoms with E-state index in [4.69, 9.17) is 11.6 Å². The van der Waals surface area contributed by atoms with Gasteiger partial charge in [0.15, 0.2) is 0 Å². The zero-order valence-electron chi connectivity index (χ0n) is 9.65. The van der Waals surface area contributed by atoms with Crippen molar-refractivity contribution in [2.45, 2.75) is 13.5 Å². The van der Waals surface area contributed by atoms with Gasteiger partial charge in [0.1, 0.15) is 5.69 Å². The van der Waals surface area contributed by atoms with E-state index >= 15 is 0 Å². The highest BCUT2D eigenvalue weighted by Gasteiger charge is 2.16. The quantitative estimate of drug-likeness (QED) is 0.936. The summed E-state index contributed by atoms with van der Waals surface area (Å²) in [6, 6.07) is 6.95. The van der Waals surface area contributed by atoms with Crippen LogP contribution in [0.4, 0.5) is 5.69 Å². The van der Waals surface area contributed by atoms with Crippen LogP contribution in [0.2, 0.25) is 5.02 Å². The summed E-state index contributed by atoms with van der Waals surface area (Å²) in [4.78, 5) is 12.1. The highest BCUT2D eigenvalue weighted by Crippen LogP contribution is 2.19. The molecule has 2 rings (SSSR count). The molecule has 0 saturated heterocycles. The lowest BCUT2D eigenvalue weighted by atomic mass is 10.3. The summed E-state index contributed by atoms with van der Waals surface area (Å²) in [7, 11) is 0. The van der Waals surface area contributed by atoms with Crippen LogP contribution in [0.1, 0.15) is 17.4 Å². The Morgan fingerprint density at radius 2 is 2.11 bits per heavy atom. The topological polar surface area (TPSA) is 46.9 Å². The Morgan fingerprint density at radius 3 is 2.72 bits per heavy atom. The van der Waals surface area contributed by atoms with E-state index in [9.17, 15) is 4.79 Å². The highest BCUT2D eigenvalue weighted by atomic mass is 79.9. The number of carbonyl (C=O) groups excluding carboxylic acids is 1. The van der Waals surface area contributed by atoms with Crippen LogP contribution in [0, 0.1) is 0 Å². The molecule has 0 aliphatic rings. The van der Waals surface area contributed by atoms with E-state index in [0.717, 1.165) is 0 Å². The van der Waals surface area contributed by atoms with Crippen molar-refractivity contribution in [3.8, 4) is 0 Å². The third-order valence-electron chi connectivity index (χ3n) is 2.41. The Balaban J connectivity index is 2.21. The van der Waals surface area contributed by atoms with Gasteiger partial charge in [0, 0.05) is 17.3 Å². The molecule has 0 aliphatic heterocycles. The molecule has 0 bridgehead atoms. The summed E-state index contributed by atoms with van der Waals surface area (Å²) >= 11 is 9.10. The molecule has 1 N–H and O–H groups in total. The van der Waals surface area contributed by atoms with Gasteiger partial charge in [-0.05, 0) is 47.1 Å². The molecule has 0 unspecified atom stereocenters. The van der Waals surface area contributed by atoms with Crippen LogP contribution in [-0.4, -0.2) is 15.7 Å². The summed E-state index contributed by atoms with van der Waals surface area (Å²) in [5.74, 6) is -0.205. The predicted molar refractivity (Wildman–Crippen MR) is 75.0 cm³/mol. The minimum absolute atomic E-state index is 0.205. The van der Waals surface area contributed by atoms with Gasteiger partial charge < -0.3 is 5.32 Å². The van der Waals surface area contributed by atoms with Crippen molar-refractivity contribution in [2.75, 3.05) is 5.32 Å². The van der Waals surface area contributed by atoms with Crippen molar-refractivity contribution in [3.05, 3.63) is 45.7 Å². The van der Waals surface area contributed by atoms with E-state index in [1.807, 2.05) is 6.92 Å².